The lowest BCUT2D eigenvalue weighted by Crippen LogP contribution is -2.55. The van der Waals surface area contributed by atoms with E-state index in [-0.39, 0.29) is 25.1 Å². The Kier molecular flexibility index (Phi) is 9.97. The fourth-order valence-corrected chi connectivity index (χ4v) is 2.45. The molecule has 0 heterocycles. The summed E-state index contributed by atoms with van der Waals surface area (Å²) in [5, 5.41) is 25.2. The summed E-state index contributed by atoms with van der Waals surface area (Å²) in [6.45, 7) is 1.02. The topological polar surface area (TPSA) is 188 Å². The normalized spacial score (nSPS) is 13.4. The third-order valence-electron chi connectivity index (χ3n) is 4.10. The second-order valence-electron chi connectivity index (χ2n) is 6.56. The highest BCUT2D eigenvalue weighted by molar-refractivity contribution is 5.93. The Morgan fingerprint density at radius 3 is 2.27 bits per heavy atom. The Bertz CT molecular complexity index is 767. The van der Waals surface area contributed by atoms with Crippen molar-refractivity contribution in [2.45, 2.75) is 44.3 Å². The second-order valence-corrected chi connectivity index (χ2v) is 6.56. The van der Waals surface area contributed by atoms with E-state index in [0.29, 0.717) is 5.56 Å². The van der Waals surface area contributed by atoms with Crippen molar-refractivity contribution in [3.05, 3.63) is 29.8 Å². The van der Waals surface area contributed by atoms with Crippen LogP contribution in [0, 0.1) is 0 Å². The molecule has 7 N–H and O–H groups in total. The van der Waals surface area contributed by atoms with Crippen LogP contribution in [0.2, 0.25) is 0 Å². The van der Waals surface area contributed by atoms with E-state index >= 15 is 0 Å². The van der Waals surface area contributed by atoms with Crippen LogP contribution in [-0.2, 0) is 30.4 Å². The van der Waals surface area contributed by atoms with E-state index in [0.717, 1.165) is 0 Å². The van der Waals surface area contributed by atoms with Crippen LogP contribution in [-0.4, -0.2) is 64.9 Å². The van der Waals surface area contributed by atoms with Gasteiger partial charge in [-0.1, -0.05) is 12.1 Å². The number of amides is 3. The van der Waals surface area contributed by atoms with Gasteiger partial charge in [-0.2, -0.15) is 0 Å². The van der Waals surface area contributed by atoms with E-state index in [4.69, 9.17) is 10.8 Å². The predicted octanol–water partition coefficient (Wildman–Crippen LogP) is -1.66. The third-order valence-corrected chi connectivity index (χ3v) is 4.10. The quantitative estimate of drug-likeness (QED) is 0.231. The van der Waals surface area contributed by atoms with Crippen molar-refractivity contribution >= 4 is 30.0 Å². The molecule has 0 bridgehead atoms. The minimum atomic E-state index is -1.23. The Morgan fingerprint density at radius 2 is 1.70 bits per heavy atom. The van der Waals surface area contributed by atoms with Gasteiger partial charge in [-0.25, -0.2) is 0 Å². The summed E-state index contributed by atoms with van der Waals surface area (Å²) in [4.78, 5) is 57.7. The molecule has 0 spiro atoms. The first-order valence-electron chi connectivity index (χ1n) is 9.12. The largest absolute Gasteiger partial charge is 0.508 e. The van der Waals surface area contributed by atoms with Crippen molar-refractivity contribution in [2.24, 2.45) is 5.73 Å². The number of carbonyl (C=O) groups is 4. The van der Waals surface area contributed by atoms with Gasteiger partial charge in [0, 0.05) is 6.42 Å². The van der Waals surface area contributed by atoms with Gasteiger partial charge in [-0.05, 0) is 37.5 Å². The number of aromatic hydroxyl groups is 1. The summed E-state index contributed by atoms with van der Waals surface area (Å²) >= 11 is 0. The number of carboxylic acid groups (broad SMARTS) is 1. The summed E-state index contributed by atoms with van der Waals surface area (Å²) in [6.07, 6.45) is 0.995. The smallest absolute Gasteiger partial charge is 0.303 e. The molecule has 11 nitrogen and oxygen atoms in total. The number of nitrogens with one attached hydrogen (secondary N) is 3. The number of hydrogen-bond donors (Lipinski definition) is 6. The van der Waals surface area contributed by atoms with Crippen LogP contribution < -0.4 is 21.7 Å². The zero-order valence-electron chi connectivity index (χ0n) is 16.4. The molecule has 3 atom stereocenters. The maximum atomic E-state index is 12.5. The number of phenols is 1. The molecule has 3 amide bonds. The molecule has 0 saturated carbocycles. The molecular weight excluding hydrogens is 396 g/mol. The van der Waals surface area contributed by atoms with Crippen LogP contribution >= 0.6 is 0 Å². The van der Waals surface area contributed by atoms with Gasteiger partial charge in [0.1, 0.15) is 17.8 Å². The third kappa shape index (κ3) is 8.69. The lowest BCUT2D eigenvalue weighted by Gasteiger charge is -2.22. The number of phenolic OH excluding ortho intramolecular Hbond substituents is 1. The number of aliphatic carboxylic acids is 1. The fraction of sp³-hybridized carbons (Fsp3) is 0.421. The molecule has 0 saturated heterocycles. The van der Waals surface area contributed by atoms with Gasteiger partial charge in [0.25, 0.3) is 0 Å². The average molecular weight is 421 g/mol. The minimum Gasteiger partial charge on any atom is -0.508 e. The number of nitrogens with two attached hydrogens (primary N) is 1. The Morgan fingerprint density at radius 1 is 1.07 bits per heavy atom. The van der Waals surface area contributed by atoms with Crippen LogP contribution in [0.3, 0.4) is 0 Å². The molecule has 30 heavy (non-hydrogen) atoms. The molecule has 11 heteroatoms. The molecule has 163 valence electrons. The lowest BCUT2D eigenvalue weighted by molar-refractivity contribution is -0.138. The number of benzene rings is 1. The molecule has 0 aliphatic carbocycles. The van der Waals surface area contributed by atoms with E-state index in [1.807, 2.05) is 0 Å². The molecule has 0 aromatic heterocycles. The van der Waals surface area contributed by atoms with Gasteiger partial charge >= 0.3 is 5.97 Å². The van der Waals surface area contributed by atoms with Crippen molar-refractivity contribution in [1.82, 2.24) is 16.0 Å². The lowest BCUT2D eigenvalue weighted by atomic mass is 10.0. The molecule has 1 rings (SSSR count). The summed E-state index contributed by atoms with van der Waals surface area (Å²) < 4.78 is 0. The van der Waals surface area contributed by atoms with Crippen molar-refractivity contribution in [2.75, 3.05) is 6.54 Å². The second kappa shape index (κ2) is 12.2. The van der Waals surface area contributed by atoms with E-state index in [1.165, 1.54) is 25.3 Å². The van der Waals surface area contributed by atoms with E-state index in [9.17, 15) is 29.1 Å². The monoisotopic (exact) mass is 421 g/mol. The predicted molar refractivity (Wildman–Crippen MR) is 105 cm³/mol. The van der Waals surface area contributed by atoms with Crippen LogP contribution in [0.5, 0.6) is 5.75 Å². The van der Waals surface area contributed by atoms with Crippen LogP contribution in [0.1, 0.15) is 25.3 Å². The summed E-state index contributed by atoms with van der Waals surface area (Å²) in [7, 11) is 0. The molecule has 0 fully saturated rings. The Balaban J connectivity index is 2.75. The van der Waals surface area contributed by atoms with E-state index in [2.05, 4.69) is 16.0 Å². The summed E-state index contributed by atoms with van der Waals surface area (Å²) in [6, 6.07) is 2.78. The molecule has 0 aliphatic rings. The van der Waals surface area contributed by atoms with Crippen LogP contribution in [0.15, 0.2) is 24.3 Å². The van der Waals surface area contributed by atoms with Gasteiger partial charge in [0.2, 0.25) is 24.0 Å². The van der Waals surface area contributed by atoms with Gasteiger partial charge in [0.05, 0.1) is 12.6 Å². The number of rotatable bonds is 12. The number of carbonyl (C=O) groups excluding carboxylic acids is 4. The molecule has 1 aromatic carbocycles. The molecule has 1 radical (unpaired) electrons. The van der Waals surface area contributed by atoms with Crippen molar-refractivity contribution in [1.29, 1.82) is 0 Å². The number of carboxylic acids is 1. The highest BCUT2D eigenvalue weighted by Crippen LogP contribution is 2.11. The highest BCUT2D eigenvalue weighted by Gasteiger charge is 2.27. The Hall–Kier alpha value is -3.47. The zero-order chi connectivity index (χ0) is 22.7. The maximum Gasteiger partial charge on any atom is 0.303 e. The van der Waals surface area contributed by atoms with E-state index < -0.39 is 48.2 Å². The van der Waals surface area contributed by atoms with Gasteiger partial charge in [-0.15, -0.1) is 0 Å². The molecular formula is C19H25N4O7. The summed E-state index contributed by atoms with van der Waals surface area (Å²) in [5.41, 5.74) is 6.55. The van der Waals surface area contributed by atoms with Gasteiger partial charge in [-0.3, -0.25) is 24.0 Å². The highest BCUT2D eigenvalue weighted by atomic mass is 16.4. The van der Waals surface area contributed by atoms with Gasteiger partial charge in [0.15, 0.2) is 0 Å². The molecule has 0 aliphatic heterocycles. The molecule has 1 aromatic rings. The summed E-state index contributed by atoms with van der Waals surface area (Å²) in [5.74, 6) is -3.19. The van der Waals surface area contributed by atoms with Crippen LogP contribution in [0.4, 0.5) is 0 Å². The first kappa shape index (κ1) is 24.6. The number of hydrogen-bond acceptors (Lipinski definition) is 7. The standard InChI is InChI=1S/C19H25N4O7/c1-11(17(28)21-8-9-24)22-19(30)15(6-7-16(26)27)23-18(29)14(20)10-12-2-4-13(25)5-3-12/h2-5,11,14-15,25H,6-8,10,20H2,1H3,(H,21,28)(H,22,30)(H,23,29)(H,26,27)/t11-,14-,15-/m0/s1. The van der Waals surface area contributed by atoms with E-state index in [1.54, 1.807) is 12.1 Å². The maximum absolute atomic E-state index is 12.5. The first-order valence-corrected chi connectivity index (χ1v) is 9.12. The minimum absolute atomic E-state index is 0.0615. The van der Waals surface area contributed by atoms with Crippen molar-refractivity contribution in [3.8, 4) is 5.75 Å². The first-order chi connectivity index (χ1) is 14.1. The molecule has 0 unspecified atom stereocenters. The van der Waals surface area contributed by atoms with Crippen LogP contribution in [0.25, 0.3) is 0 Å². The average Bonchev–Trinajstić information content (AvgIpc) is 2.70. The Labute approximate surface area is 173 Å². The fourth-order valence-electron chi connectivity index (χ4n) is 2.45. The zero-order valence-corrected chi connectivity index (χ0v) is 16.4. The van der Waals surface area contributed by atoms with Crippen molar-refractivity contribution < 1.29 is 34.2 Å². The van der Waals surface area contributed by atoms with Crippen molar-refractivity contribution in [3.63, 3.8) is 0 Å². The SMILES string of the molecule is C[C@H](NC(=O)[C@H](CCC(=O)O)NC(=O)[C@@H](N)Cc1ccc(O)cc1)C(=O)NC[C]=O. The van der Waals surface area contributed by atoms with Gasteiger partial charge < -0.3 is 31.9 Å².